The van der Waals surface area contributed by atoms with Gasteiger partial charge in [-0.15, -0.1) is 0 Å². The molecule has 3 N–H and O–H groups in total. The Kier molecular flexibility index (Phi) is 7.20. The summed E-state index contributed by atoms with van der Waals surface area (Å²) < 4.78 is 11.2. The quantitative estimate of drug-likeness (QED) is 0.698. The first-order chi connectivity index (χ1) is 9.99. The number of aliphatic carboxylic acids is 2. The standard InChI is InChI=1S/C12H17NO2.C2H2O4/c1-10-3-2-4-11(7-10)15-9-12-8-13-5-6-14-12;3-1(4)2(5)6/h2-4,7,12-13H,5-6,8-9H2,1H3;(H,3,4)(H,5,6). The van der Waals surface area contributed by atoms with E-state index in [1.165, 1.54) is 5.56 Å². The van der Waals surface area contributed by atoms with E-state index >= 15 is 0 Å². The van der Waals surface area contributed by atoms with E-state index in [-0.39, 0.29) is 6.10 Å². The Labute approximate surface area is 122 Å². The van der Waals surface area contributed by atoms with Crippen LogP contribution in [0.5, 0.6) is 5.75 Å². The van der Waals surface area contributed by atoms with Gasteiger partial charge in [-0.3, -0.25) is 0 Å². The van der Waals surface area contributed by atoms with Gasteiger partial charge in [0.05, 0.1) is 6.61 Å². The molecule has 1 heterocycles. The summed E-state index contributed by atoms with van der Waals surface area (Å²) in [5.74, 6) is -2.73. The molecular weight excluding hydrogens is 278 g/mol. The normalized spacial score (nSPS) is 17.3. The van der Waals surface area contributed by atoms with E-state index in [1.54, 1.807) is 0 Å². The monoisotopic (exact) mass is 297 g/mol. The summed E-state index contributed by atoms with van der Waals surface area (Å²) >= 11 is 0. The molecule has 7 nitrogen and oxygen atoms in total. The number of carbonyl (C=O) groups is 2. The van der Waals surface area contributed by atoms with Gasteiger partial charge in [-0.25, -0.2) is 9.59 Å². The molecule has 1 aliphatic rings. The molecule has 1 fully saturated rings. The Morgan fingerprint density at radius 1 is 1.38 bits per heavy atom. The fraction of sp³-hybridized carbons (Fsp3) is 0.429. The molecule has 1 atom stereocenters. The maximum Gasteiger partial charge on any atom is 0.414 e. The topological polar surface area (TPSA) is 105 Å². The van der Waals surface area contributed by atoms with Crippen LogP contribution in [0, 0.1) is 6.92 Å². The second-order valence-corrected chi connectivity index (χ2v) is 4.43. The molecule has 0 aliphatic carbocycles. The molecule has 2 rings (SSSR count). The molecule has 1 unspecified atom stereocenters. The predicted molar refractivity (Wildman–Crippen MR) is 74.6 cm³/mol. The van der Waals surface area contributed by atoms with Crippen LogP contribution in [0.15, 0.2) is 24.3 Å². The molecule has 0 radical (unpaired) electrons. The fourth-order valence-corrected chi connectivity index (χ4v) is 1.62. The maximum absolute atomic E-state index is 9.10. The SMILES string of the molecule is Cc1cccc(OCC2CNCCO2)c1.O=C(O)C(=O)O. The van der Waals surface area contributed by atoms with Crippen LogP contribution in [0.4, 0.5) is 0 Å². The number of hydrogen-bond donors (Lipinski definition) is 3. The fourth-order valence-electron chi connectivity index (χ4n) is 1.62. The number of carboxylic acids is 2. The second-order valence-electron chi connectivity index (χ2n) is 4.43. The van der Waals surface area contributed by atoms with Gasteiger partial charge in [0, 0.05) is 13.1 Å². The number of ether oxygens (including phenoxy) is 2. The van der Waals surface area contributed by atoms with Crippen molar-refractivity contribution in [1.82, 2.24) is 5.32 Å². The zero-order valence-corrected chi connectivity index (χ0v) is 11.7. The summed E-state index contributed by atoms with van der Waals surface area (Å²) in [7, 11) is 0. The van der Waals surface area contributed by atoms with Gasteiger partial charge in [-0.2, -0.15) is 0 Å². The molecule has 1 aliphatic heterocycles. The van der Waals surface area contributed by atoms with Gasteiger partial charge in [-0.05, 0) is 24.6 Å². The van der Waals surface area contributed by atoms with Gasteiger partial charge in [0.15, 0.2) is 0 Å². The molecule has 0 bridgehead atoms. The lowest BCUT2D eigenvalue weighted by molar-refractivity contribution is -0.159. The number of carboxylic acid groups (broad SMARTS) is 2. The van der Waals surface area contributed by atoms with Crippen molar-refractivity contribution in [3.8, 4) is 5.75 Å². The first-order valence-electron chi connectivity index (χ1n) is 6.47. The number of aryl methyl sites for hydroxylation is 1. The zero-order valence-electron chi connectivity index (χ0n) is 11.7. The number of rotatable bonds is 3. The van der Waals surface area contributed by atoms with Gasteiger partial charge in [0.25, 0.3) is 0 Å². The van der Waals surface area contributed by atoms with E-state index in [9.17, 15) is 0 Å². The lowest BCUT2D eigenvalue weighted by Gasteiger charge is -2.23. The minimum Gasteiger partial charge on any atom is -0.491 e. The maximum atomic E-state index is 9.10. The Morgan fingerprint density at radius 2 is 2.10 bits per heavy atom. The first kappa shape index (κ1) is 16.9. The highest BCUT2D eigenvalue weighted by Gasteiger charge is 2.13. The van der Waals surface area contributed by atoms with E-state index < -0.39 is 11.9 Å². The summed E-state index contributed by atoms with van der Waals surface area (Å²) in [4.78, 5) is 18.2. The van der Waals surface area contributed by atoms with Crippen molar-refractivity contribution in [2.45, 2.75) is 13.0 Å². The Balaban J connectivity index is 0.000000315. The molecule has 1 aromatic carbocycles. The molecule has 0 spiro atoms. The highest BCUT2D eigenvalue weighted by atomic mass is 16.5. The summed E-state index contributed by atoms with van der Waals surface area (Å²) in [6.07, 6.45) is 0.180. The Morgan fingerprint density at radius 3 is 2.62 bits per heavy atom. The van der Waals surface area contributed by atoms with Crippen LogP contribution in [0.1, 0.15) is 5.56 Å². The zero-order chi connectivity index (χ0) is 15.7. The molecule has 0 saturated carbocycles. The highest BCUT2D eigenvalue weighted by Crippen LogP contribution is 2.13. The van der Waals surface area contributed by atoms with Crippen LogP contribution in [0.2, 0.25) is 0 Å². The van der Waals surface area contributed by atoms with Crippen molar-refractivity contribution in [3.05, 3.63) is 29.8 Å². The molecule has 21 heavy (non-hydrogen) atoms. The summed E-state index contributed by atoms with van der Waals surface area (Å²) in [6, 6.07) is 8.08. The molecule has 0 amide bonds. The minimum atomic E-state index is -1.82. The molecule has 116 valence electrons. The summed E-state index contributed by atoms with van der Waals surface area (Å²) in [6.45, 7) is 5.29. The van der Waals surface area contributed by atoms with Gasteiger partial charge in [0.2, 0.25) is 0 Å². The van der Waals surface area contributed by atoms with Crippen LogP contribution in [-0.2, 0) is 14.3 Å². The highest BCUT2D eigenvalue weighted by molar-refractivity contribution is 6.27. The van der Waals surface area contributed by atoms with Crippen LogP contribution in [0.3, 0.4) is 0 Å². The number of hydrogen-bond acceptors (Lipinski definition) is 5. The van der Waals surface area contributed by atoms with E-state index in [0.29, 0.717) is 6.61 Å². The molecule has 1 saturated heterocycles. The number of benzene rings is 1. The van der Waals surface area contributed by atoms with Crippen molar-refractivity contribution in [3.63, 3.8) is 0 Å². The lowest BCUT2D eigenvalue weighted by atomic mass is 10.2. The van der Waals surface area contributed by atoms with Crippen molar-refractivity contribution >= 4 is 11.9 Å². The predicted octanol–water partition coefficient (Wildman–Crippen LogP) is 0.518. The summed E-state index contributed by atoms with van der Waals surface area (Å²) in [5, 5.41) is 18.1. The van der Waals surface area contributed by atoms with Crippen molar-refractivity contribution < 1.29 is 29.3 Å². The number of morpholine rings is 1. The van der Waals surface area contributed by atoms with Crippen LogP contribution in [-0.4, -0.2) is 54.6 Å². The van der Waals surface area contributed by atoms with Crippen molar-refractivity contribution in [2.24, 2.45) is 0 Å². The molecule has 0 aromatic heterocycles. The lowest BCUT2D eigenvalue weighted by Crippen LogP contribution is -2.41. The summed E-state index contributed by atoms with van der Waals surface area (Å²) in [5.41, 5.74) is 1.22. The average molecular weight is 297 g/mol. The van der Waals surface area contributed by atoms with Gasteiger partial charge >= 0.3 is 11.9 Å². The minimum absolute atomic E-state index is 0.180. The van der Waals surface area contributed by atoms with Gasteiger partial charge in [0.1, 0.15) is 18.5 Å². The molecular formula is C14H19NO6. The Bertz CT molecular complexity index is 458. The first-order valence-corrected chi connectivity index (χ1v) is 6.47. The number of nitrogens with one attached hydrogen (secondary N) is 1. The third-order valence-corrected chi connectivity index (χ3v) is 2.61. The Hall–Kier alpha value is -2.12. The average Bonchev–Trinajstić information content (AvgIpc) is 2.47. The van der Waals surface area contributed by atoms with Crippen LogP contribution in [0.25, 0.3) is 0 Å². The molecule has 7 heteroatoms. The van der Waals surface area contributed by atoms with Crippen molar-refractivity contribution in [2.75, 3.05) is 26.3 Å². The van der Waals surface area contributed by atoms with Gasteiger partial charge in [-0.1, -0.05) is 12.1 Å². The van der Waals surface area contributed by atoms with E-state index in [2.05, 4.69) is 18.3 Å². The van der Waals surface area contributed by atoms with Gasteiger partial charge < -0.3 is 25.0 Å². The van der Waals surface area contributed by atoms with Crippen molar-refractivity contribution in [1.29, 1.82) is 0 Å². The van der Waals surface area contributed by atoms with E-state index in [0.717, 1.165) is 25.4 Å². The second kappa shape index (κ2) is 8.93. The van der Waals surface area contributed by atoms with Crippen LogP contribution >= 0.6 is 0 Å². The smallest absolute Gasteiger partial charge is 0.414 e. The molecule has 1 aromatic rings. The third kappa shape index (κ3) is 7.28. The van der Waals surface area contributed by atoms with E-state index in [1.807, 2.05) is 18.2 Å². The third-order valence-electron chi connectivity index (χ3n) is 2.61. The van der Waals surface area contributed by atoms with E-state index in [4.69, 9.17) is 29.3 Å². The largest absolute Gasteiger partial charge is 0.491 e. The van der Waals surface area contributed by atoms with Crippen LogP contribution < -0.4 is 10.1 Å².